The van der Waals surface area contributed by atoms with Crippen molar-refractivity contribution in [3.05, 3.63) is 12.2 Å². The molecule has 0 spiro atoms. The van der Waals surface area contributed by atoms with Crippen LogP contribution >= 0.6 is 0 Å². The maximum atomic E-state index is 13.1. The number of carbonyl (C=O) groups excluding carboxylic acids is 1. The number of likely N-dealkylation sites (tertiary alicyclic amines) is 1. The van der Waals surface area contributed by atoms with E-state index in [1.807, 2.05) is 4.90 Å². The minimum Gasteiger partial charge on any atom is -0.341 e. The second-order valence-electron chi connectivity index (χ2n) is 7.44. The summed E-state index contributed by atoms with van der Waals surface area (Å²) in [6.07, 6.45) is 4.98. The Balaban J connectivity index is 1.84. The zero-order chi connectivity index (χ0) is 14.5. The van der Waals surface area contributed by atoms with Crippen molar-refractivity contribution in [3.8, 4) is 6.07 Å². The van der Waals surface area contributed by atoms with Gasteiger partial charge in [-0.3, -0.25) is 4.79 Å². The highest BCUT2D eigenvalue weighted by Crippen LogP contribution is 2.66. The zero-order valence-corrected chi connectivity index (χ0v) is 12.6. The molecular formula is C17H24N2O. The van der Waals surface area contributed by atoms with Crippen LogP contribution in [0.15, 0.2) is 12.2 Å². The highest BCUT2D eigenvalue weighted by Gasteiger charge is 2.61. The van der Waals surface area contributed by atoms with Crippen molar-refractivity contribution in [2.24, 2.45) is 22.7 Å². The number of rotatable bonds is 1. The van der Waals surface area contributed by atoms with Gasteiger partial charge in [-0.2, -0.15) is 5.26 Å². The molecule has 0 aromatic carbocycles. The van der Waals surface area contributed by atoms with E-state index in [0.29, 0.717) is 12.5 Å². The summed E-state index contributed by atoms with van der Waals surface area (Å²) >= 11 is 0. The van der Waals surface area contributed by atoms with E-state index in [2.05, 4.69) is 26.5 Å². The molecule has 3 aliphatic rings. The molecule has 0 unspecified atom stereocenters. The van der Waals surface area contributed by atoms with E-state index in [-0.39, 0.29) is 22.7 Å². The number of fused-ring (bicyclic) bond motifs is 2. The van der Waals surface area contributed by atoms with Crippen LogP contribution in [0.25, 0.3) is 0 Å². The molecule has 2 bridgehead atoms. The lowest BCUT2D eigenvalue weighted by Crippen LogP contribution is -2.48. The fraction of sp³-hybridized carbons (Fsp3) is 0.765. The van der Waals surface area contributed by atoms with Gasteiger partial charge in [-0.05, 0) is 43.4 Å². The van der Waals surface area contributed by atoms with E-state index in [1.54, 1.807) is 0 Å². The van der Waals surface area contributed by atoms with Gasteiger partial charge in [0.1, 0.15) is 0 Å². The molecular weight excluding hydrogens is 248 g/mol. The number of piperidine rings is 1. The third-order valence-corrected chi connectivity index (χ3v) is 6.19. The van der Waals surface area contributed by atoms with Crippen molar-refractivity contribution in [2.75, 3.05) is 13.1 Å². The largest absolute Gasteiger partial charge is 0.341 e. The van der Waals surface area contributed by atoms with E-state index in [1.165, 1.54) is 0 Å². The number of carbonyl (C=O) groups is 1. The first-order chi connectivity index (χ1) is 9.41. The summed E-state index contributed by atoms with van der Waals surface area (Å²) in [6, 6.07) is 2.33. The van der Waals surface area contributed by atoms with Crippen molar-refractivity contribution < 1.29 is 4.79 Å². The Hall–Kier alpha value is -1.30. The molecule has 0 aromatic rings. The maximum Gasteiger partial charge on any atom is 0.232 e. The molecule has 0 radical (unpaired) electrons. The van der Waals surface area contributed by atoms with Gasteiger partial charge in [0.2, 0.25) is 5.91 Å². The quantitative estimate of drug-likeness (QED) is 0.688. The van der Waals surface area contributed by atoms with E-state index >= 15 is 0 Å². The Morgan fingerprint density at radius 2 is 2.20 bits per heavy atom. The summed E-state index contributed by atoms with van der Waals surface area (Å²) in [7, 11) is 0. The van der Waals surface area contributed by atoms with Crippen LogP contribution in [0.5, 0.6) is 0 Å². The first kappa shape index (κ1) is 13.7. The molecule has 3 rings (SSSR count). The summed E-state index contributed by atoms with van der Waals surface area (Å²) in [5, 5.41) is 9.12. The normalized spacial score (nSPS) is 38.9. The Bertz CT molecular complexity index is 502. The van der Waals surface area contributed by atoms with Gasteiger partial charge in [-0.1, -0.05) is 26.0 Å². The monoisotopic (exact) mass is 272 g/mol. The number of amides is 1. The molecule has 3 fully saturated rings. The first-order valence-electron chi connectivity index (χ1n) is 7.80. The molecule has 3 atom stereocenters. The molecule has 0 aromatic heterocycles. The maximum absolute atomic E-state index is 13.1. The van der Waals surface area contributed by atoms with E-state index < -0.39 is 0 Å². The van der Waals surface area contributed by atoms with Crippen LogP contribution in [-0.4, -0.2) is 23.9 Å². The number of nitriles is 1. The predicted octanol–water partition coefficient (Wildman–Crippen LogP) is 3.13. The van der Waals surface area contributed by atoms with Gasteiger partial charge in [0, 0.05) is 13.1 Å². The van der Waals surface area contributed by atoms with Crippen LogP contribution in [0.2, 0.25) is 0 Å². The van der Waals surface area contributed by atoms with Gasteiger partial charge in [0.25, 0.3) is 0 Å². The Kier molecular flexibility index (Phi) is 2.97. The third-order valence-electron chi connectivity index (χ3n) is 6.19. The number of hydrogen-bond donors (Lipinski definition) is 0. The third kappa shape index (κ3) is 1.67. The second-order valence-corrected chi connectivity index (χ2v) is 7.44. The molecule has 2 aliphatic carbocycles. The SMILES string of the molecule is C=C1C(C)(C)[C@H]2CC[C@@]1(C(=O)N1CCC[C@H](C#N)C1)C2. The zero-order valence-electron chi connectivity index (χ0n) is 12.6. The lowest BCUT2D eigenvalue weighted by Gasteiger charge is -2.41. The minimum atomic E-state index is -0.314. The van der Waals surface area contributed by atoms with E-state index in [9.17, 15) is 4.79 Å². The van der Waals surface area contributed by atoms with Crippen LogP contribution in [0.1, 0.15) is 46.0 Å². The average Bonchev–Trinajstić information content (AvgIpc) is 2.98. The van der Waals surface area contributed by atoms with Crippen LogP contribution in [0.3, 0.4) is 0 Å². The first-order valence-corrected chi connectivity index (χ1v) is 7.80. The summed E-state index contributed by atoms with van der Waals surface area (Å²) in [6.45, 7) is 10.2. The molecule has 1 amide bonds. The van der Waals surface area contributed by atoms with Crippen molar-refractivity contribution in [3.63, 3.8) is 0 Å². The minimum absolute atomic E-state index is 0.0176. The molecule has 1 heterocycles. The van der Waals surface area contributed by atoms with Crippen LogP contribution in [0, 0.1) is 34.0 Å². The molecule has 3 nitrogen and oxygen atoms in total. The van der Waals surface area contributed by atoms with Crippen LogP contribution in [-0.2, 0) is 4.79 Å². The second kappa shape index (κ2) is 4.35. The van der Waals surface area contributed by atoms with Gasteiger partial charge < -0.3 is 4.90 Å². The van der Waals surface area contributed by atoms with Crippen LogP contribution < -0.4 is 0 Å². The fourth-order valence-electron chi connectivity index (χ4n) is 4.69. The molecule has 1 saturated heterocycles. The summed E-state index contributed by atoms with van der Waals surface area (Å²) in [5.74, 6) is 0.884. The van der Waals surface area contributed by atoms with Crippen molar-refractivity contribution >= 4 is 5.91 Å². The number of hydrogen-bond acceptors (Lipinski definition) is 2. The lowest BCUT2D eigenvalue weighted by molar-refractivity contribution is -0.141. The molecule has 2 saturated carbocycles. The van der Waals surface area contributed by atoms with Crippen molar-refractivity contribution in [2.45, 2.75) is 46.0 Å². The van der Waals surface area contributed by atoms with Gasteiger partial charge >= 0.3 is 0 Å². The van der Waals surface area contributed by atoms with Crippen molar-refractivity contribution in [1.29, 1.82) is 5.26 Å². The fourth-order valence-corrected chi connectivity index (χ4v) is 4.69. The number of nitrogens with zero attached hydrogens (tertiary/aromatic N) is 2. The summed E-state index contributed by atoms with van der Waals surface area (Å²) in [5.41, 5.74) is 0.925. The molecule has 108 valence electrons. The Morgan fingerprint density at radius 3 is 2.80 bits per heavy atom. The van der Waals surface area contributed by atoms with E-state index in [4.69, 9.17) is 5.26 Å². The van der Waals surface area contributed by atoms with Crippen molar-refractivity contribution in [1.82, 2.24) is 4.90 Å². The Morgan fingerprint density at radius 1 is 1.45 bits per heavy atom. The van der Waals surface area contributed by atoms with Gasteiger partial charge in [0.05, 0.1) is 17.4 Å². The summed E-state index contributed by atoms with van der Waals surface area (Å²) in [4.78, 5) is 15.0. The smallest absolute Gasteiger partial charge is 0.232 e. The lowest BCUT2D eigenvalue weighted by atomic mass is 9.68. The molecule has 0 N–H and O–H groups in total. The standard InChI is InChI=1S/C17H24N2O/c1-12-16(2,3)14-6-7-17(12,9-14)15(20)19-8-4-5-13(10-18)11-19/h13-14H,1,4-9,11H2,2-3H3/t13-,14+,17-/m1/s1. The highest BCUT2D eigenvalue weighted by molar-refractivity contribution is 5.87. The topological polar surface area (TPSA) is 44.1 Å². The molecule has 3 heteroatoms. The van der Waals surface area contributed by atoms with Crippen LogP contribution in [0.4, 0.5) is 0 Å². The average molecular weight is 272 g/mol. The highest BCUT2D eigenvalue weighted by atomic mass is 16.2. The molecule has 1 aliphatic heterocycles. The van der Waals surface area contributed by atoms with Gasteiger partial charge in [-0.15, -0.1) is 0 Å². The molecule has 20 heavy (non-hydrogen) atoms. The predicted molar refractivity (Wildman–Crippen MR) is 77.6 cm³/mol. The Labute approximate surface area is 121 Å². The van der Waals surface area contributed by atoms with Gasteiger partial charge in [-0.25, -0.2) is 0 Å². The van der Waals surface area contributed by atoms with Gasteiger partial charge in [0.15, 0.2) is 0 Å². The van der Waals surface area contributed by atoms with E-state index in [0.717, 1.165) is 44.2 Å². The summed E-state index contributed by atoms with van der Waals surface area (Å²) < 4.78 is 0.